The van der Waals surface area contributed by atoms with Crippen LogP contribution in [-0.2, 0) is 6.18 Å². The minimum atomic E-state index is -4.62. The zero-order valence-electron chi connectivity index (χ0n) is 13.6. The highest BCUT2D eigenvalue weighted by molar-refractivity contribution is 8.02. The number of nitrogens with zero attached hydrogens (tertiary/aromatic N) is 2. The van der Waals surface area contributed by atoms with Gasteiger partial charge in [-0.1, -0.05) is 0 Å². The van der Waals surface area contributed by atoms with Gasteiger partial charge in [0.25, 0.3) is 0 Å². The third kappa shape index (κ3) is 7.37. The van der Waals surface area contributed by atoms with Crippen LogP contribution in [0.25, 0.3) is 0 Å². The average Bonchev–Trinajstić information content (AvgIpc) is 2.52. The lowest BCUT2D eigenvalue weighted by molar-refractivity contribution is -0.141. The Morgan fingerprint density at radius 2 is 1.78 bits per heavy atom. The fourth-order valence-corrected chi connectivity index (χ4v) is 2.11. The van der Waals surface area contributed by atoms with Gasteiger partial charge >= 0.3 is 11.7 Å². The van der Waals surface area contributed by atoms with Crippen molar-refractivity contribution in [3.63, 3.8) is 0 Å². The lowest BCUT2D eigenvalue weighted by Crippen LogP contribution is -2.07. The number of alkyl halides is 6. The molecular weight excluding hydrogens is 398 g/mol. The first kappa shape index (κ1) is 20.9. The van der Waals surface area contributed by atoms with Gasteiger partial charge in [-0.3, -0.25) is 4.98 Å². The van der Waals surface area contributed by atoms with E-state index in [1.807, 2.05) is 0 Å². The molecule has 2 heterocycles. The van der Waals surface area contributed by atoms with Crippen LogP contribution in [0.2, 0.25) is 0 Å². The molecule has 4 nitrogen and oxygen atoms in total. The molecule has 0 fully saturated rings. The number of aromatic nitrogens is 2. The number of aryl methyl sites for hydroxylation is 1. The molecule has 0 radical (unpaired) electrons. The van der Waals surface area contributed by atoms with Gasteiger partial charge in [-0.05, 0) is 41.8 Å². The van der Waals surface area contributed by atoms with Crippen LogP contribution in [0.15, 0.2) is 41.9 Å². The van der Waals surface area contributed by atoms with E-state index in [-0.39, 0.29) is 35.9 Å². The zero-order valence-corrected chi connectivity index (χ0v) is 14.5. The maximum Gasteiger partial charge on any atom is 0.445 e. The number of hydrogen-bond donors (Lipinski definition) is 0. The molecule has 0 atom stereocenters. The first-order chi connectivity index (χ1) is 12.5. The Labute approximate surface area is 154 Å². The first-order valence-corrected chi connectivity index (χ1v) is 8.13. The van der Waals surface area contributed by atoms with E-state index in [4.69, 9.17) is 9.47 Å². The van der Waals surface area contributed by atoms with Gasteiger partial charge in [0.05, 0.1) is 0 Å². The Morgan fingerprint density at radius 3 is 2.44 bits per heavy atom. The molecule has 0 spiro atoms. The Bertz CT molecular complexity index is 808. The maximum atomic E-state index is 12.7. The summed E-state index contributed by atoms with van der Waals surface area (Å²) in [6.07, 6.45) is -2.51. The van der Waals surface area contributed by atoms with Crippen LogP contribution in [0.3, 0.4) is 0 Å². The normalized spacial score (nSPS) is 12.4. The molecule has 146 valence electrons. The zero-order chi connectivity index (χ0) is 20.1. The number of hydrogen-bond acceptors (Lipinski definition) is 5. The third-order valence-corrected chi connectivity index (χ3v) is 3.39. The summed E-state index contributed by atoms with van der Waals surface area (Å²) in [5.41, 5.74) is -4.86. The minimum absolute atomic E-state index is 0.0297. The summed E-state index contributed by atoms with van der Waals surface area (Å²) in [7, 11) is 0. The van der Waals surface area contributed by atoms with Gasteiger partial charge in [-0.25, -0.2) is 0 Å². The highest BCUT2D eigenvalue weighted by Gasteiger charge is 2.32. The second-order valence-corrected chi connectivity index (χ2v) is 6.01. The van der Waals surface area contributed by atoms with Gasteiger partial charge in [0.1, 0.15) is 18.1 Å². The van der Waals surface area contributed by atoms with Crippen LogP contribution in [0.4, 0.5) is 26.3 Å². The molecule has 2 rings (SSSR count). The van der Waals surface area contributed by atoms with Crippen LogP contribution in [0, 0.1) is 6.92 Å². The standard InChI is InChI=1S/C16H12F6N2O2S/c1-10-7-13(25-5-2-6-27-16(20,21)22)24-14(8-10)26-11-3-4-23-12(9-11)15(17,18)19/h2-4,6-9H,5H2,1H3. The topological polar surface area (TPSA) is 44.2 Å². The molecule has 0 amide bonds. The Morgan fingerprint density at radius 1 is 1.07 bits per heavy atom. The molecule has 0 aromatic carbocycles. The smallest absolute Gasteiger partial charge is 0.445 e. The number of pyridine rings is 2. The lowest BCUT2D eigenvalue weighted by Gasteiger charge is -2.10. The van der Waals surface area contributed by atoms with E-state index in [2.05, 4.69) is 9.97 Å². The van der Waals surface area contributed by atoms with Crippen molar-refractivity contribution in [2.75, 3.05) is 6.61 Å². The second kappa shape index (κ2) is 8.51. The molecule has 11 heteroatoms. The molecule has 0 saturated heterocycles. The van der Waals surface area contributed by atoms with Crippen molar-refractivity contribution in [2.45, 2.75) is 18.6 Å². The van der Waals surface area contributed by atoms with Crippen LogP contribution in [0.5, 0.6) is 17.5 Å². The highest BCUT2D eigenvalue weighted by Crippen LogP contribution is 2.32. The van der Waals surface area contributed by atoms with Crippen molar-refractivity contribution < 1.29 is 35.8 Å². The summed E-state index contributed by atoms with van der Waals surface area (Å²) in [5, 5.41) is 0.836. The van der Waals surface area contributed by atoms with Crippen LogP contribution >= 0.6 is 11.8 Å². The van der Waals surface area contributed by atoms with E-state index < -0.39 is 17.4 Å². The lowest BCUT2D eigenvalue weighted by atomic mass is 10.3. The van der Waals surface area contributed by atoms with Gasteiger partial charge in [0, 0.05) is 24.4 Å². The van der Waals surface area contributed by atoms with Crippen molar-refractivity contribution in [1.29, 1.82) is 0 Å². The summed E-state index contributed by atoms with van der Waals surface area (Å²) in [6.45, 7) is 1.50. The number of rotatable bonds is 6. The fourth-order valence-electron chi connectivity index (χ4n) is 1.78. The van der Waals surface area contributed by atoms with E-state index in [1.165, 1.54) is 18.2 Å². The van der Waals surface area contributed by atoms with E-state index in [0.29, 0.717) is 5.56 Å². The molecule has 0 bridgehead atoms. The second-order valence-electron chi connectivity index (χ2n) is 5.04. The van der Waals surface area contributed by atoms with Gasteiger partial charge in [-0.2, -0.15) is 31.3 Å². The summed E-state index contributed by atoms with van der Waals surface area (Å²) in [4.78, 5) is 7.18. The Hall–Kier alpha value is -2.43. The summed E-state index contributed by atoms with van der Waals surface area (Å²) in [5.74, 6) is -0.0995. The van der Waals surface area contributed by atoms with Crippen molar-refractivity contribution in [3.8, 4) is 17.5 Å². The van der Waals surface area contributed by atoms with Crippen molar-refractivity contribution in [1.82, 2.24) is 9.97 Å². The highest BCUT2D eigenvalue weighted by atomic mass is 32.2. The monoisotopic (exact) mass is 410 g/mol. The predicted molar refractivity (Wildman–Crippen MR) is 86.6 cm³/mol. The maximum absolute atomic E-state index is 12.7. The van der Waals surface area contributed by atoms with Crippen molar-refractivity contribution in [3.05, 3.63) is 53.2 Å². The molecule has 0 unspecified atom stereocenters. The van der Waals surface area contributed by atoms with Gasteiger partial charge in [0.15, 0.2) is 0 Å². The molecule has 0 aliphatic carbocycles. The molecule has 2 aromatic heterocycles. The van der Waals surface area contributed by atoms with Crippen LogP contribution in [-0.4, -0.2) is 22.1 Å². The quantitative estimate of drug-likeness (QED) is 0.568. The Kier molecular flexibility index (Phi) is 6.58. The third-order valence-electron chi connectivity index (χ3n) is 2.79. The average molecular weight is 410 g/mol. The molecule has 2 aromatic rings. The van der Waals surface area contributed by atoms with Crippen molar-refractivity contribution in [2.24, 2.45) is 0 Å². The SMILES string of the molecule is Cc1cc(OCC=CSC(F)(F)F)nc(Oc2ccnc(C(F)(F)F)c2)c1. The number of ether oxygens (including phenoxy) is 2. The van der Waals surface area contributed by atoms with Gasteiger partial charge < -0.3 is 9.47 Å². The van der Waals surface area contributed by atoms with E-state index in [9.17, 15) is 26.3 Å². The number of thioether (sulfide) groups is 1. The summed E-state index contributed by atoms with van der Waals surface area (Å²) in [6, 6.07) is 4.93. The van der Waals surface area contributed by atoms with Gasteiger partial charge in [0.2, 0.25) is 11.8 Å². The summed E-state index contributed by atoms with van der Waals surface area (Å²) < 4.78 is 84.5. The fraction of sp³-hybridized carbons (Fsp3) is 0.250. The van der Waals surface area contributed by atoms with E-state index in [1.54, 1.807) is 6.92 Å². The molecule has 27 heavy (non-hydrogen) atoms. The van der Waals surface area contributed by atoms with Crippen LogP contribution in [0.1, 0.15) is 11.3 Å². The van der Waals surface area contributed by atoms with Crippen LogP contribution < -0.4 is 9.47 Å². The molecule has 0 aliphatic heterocycles. The van der Waals surface area contributed by atoms with E-state index >= 15 is 0 Å². The molecule has 0 N–H and O–H groups in total. The summed E-state index contributed by atoms with van der Waals surface area (Å²) >= 11 is -0.323. The molecular formula is C16H12F6N2O2S. The van der Waals surface area contributed by atoms with Crippen molar-refractivity contribution >= 4 is 11.8 Å². The Balaban J connectivity index is 2.05. The largest absolute Gasteiger partial charge is 0.473 e. The van der Waals surface area contributed by atoms with E-state index in [0.717, 1.165) is 23.7 Å². The molecule has 0 aliphatic rings. The predicted octanol–water partition coefficient (Wildman–Crippen LogP) is 5.74. The number of halogens is 6. The minimum Gasteiger partial charge on any atom is -0.473 e. The molecule has 0 saturated carbocycles. The first-order valence-electron chi connectivity index (χ1n) is 7.25. The van der Waals surface area contributed by atoms with Gasteiger partial charge in [-0.15, -0.1) is 0 Å².